The number of hydrogen-bond acceptors (Lipinski definition) is 10. The number of esters is 1. The quantitative estimate of drug-likeness (QED) is 0.270. The molecule has 1 aliphatic carbocycles. The summed E-state index contributed by atoms with van der Waals surface area (Å²) in [6.45, 7) is -0.0212. The number of rotatable bonds is 9. The number of ether oxygens (including phenoxy) is 3. The van der Waals surface area contributed by atoms with Crippen LogP contribution in [-0.2, 0) is 29.0 Å². The van der Waals surface area contributed by atoms with Crippen molar-refractivity contribution >= 4 is 33.3 Å². The first-order valence-electron chi connectivity index (χ1n) is 10.8. The minimum atomic E-state index is -4.32. The summed E-state index contributed by atoms with van der Waals surface area (Å²) in [6, 6.07) is 3.08. The lowest BCUT2D eigenvalue weighted by Crippen LogP contribution is -2.45. The summed E-state index contributed by atoms with van der Waals surface area (Å²) in [4.78, 5) is 12.8. The third-order valence-electron chi connectivity index (χ3n) is 5.67. The van der Waals surface area contributed by atoms with Crippen LogP contribution >= 0.6 is 11.6 Å². The molecule has 1 aliphatic heterocycles. The van der Waals surface area contributed by atoms with Crippen LogP contribution in [0.5, 0.6) is 0 Å². The molecule has 5 unspecified atom stereocenters. The van der Waals surface area contributed by atoms with Gasteiger partial charge in [0.15, 0.2) is 5.79 Å². The van der Waals surface area contributed by atoms with Crippen molar-refractivity contribution in [3.8, 4) is 0 Å². The van der Waals surface area contributed by atoms with Gasteiger partial charge in [-0.15, -0.1) is 0 Å². The van der Waals surface area contributed by atoms with Crippen LogP contribution in [-0.4, -0.2) is 90.1 Å². The van der Waals surface area contributed by atoms with Gasteiger partial charge in [-0.25, -0.2) is 17.6 Å². The van der Waals surface area contributed by atoms with Crippen molar-refractivity contribution in [2.24, 2.45) is 0 Å². The lowest BCUT2D eigenvalue weighted by molar-refractivity contribution is -0.164. The van der Waals surface area contributed by atoms with Gasteiger partial charge in [0.25, 0.3) is 0 Å². The number of carbonyl (C=O) groups excluding carboxylic acids is 1. The van der Waals surface area contributed by atoms with Gasteiger partial charge in [-0.2, -0.15) is 0 Å². The molecule has 1 saturated heterocycles. The molecule has 35 heavy (non-hydrogen) atoms. The standard InChI is InChI=1S/C21H27ClFNO10S/c1-2-32-20(29)12-8-21(33-18(15(27)9-25)19(34-21)16(28)10-26)6-5-17(12)35(30,31)24-14-4-3-11(23)7-13(14)22/h3-4,7-8,15-19,24-28H,2,5-6,9-10H2,1H3. The maximum atomic E-state index is 13.4. The topological polar surface area (TPSA) is 172 Å². The zero-order chi connectivity index (χ0) is 26.0. The Hall–Kier alpha value is -1.84. The third-order valence-corrected chi connectivity index (χ3v) is 7.73. The van der Waals surface area contributed by atoms with Crippen LogP contribution in [0.2, 0.25) is 5.02 Å². The Labute approximate surface area is 206 Å². The summed E-state index contributed by atoms with van der Waals surface area (Å²) in [5, 5.41) is 37.3. The number of aliphatic hydroxyl groups is 4. The molecule has 3 rings (SSSR count). The van der Waals surface area contributed by atoms with E-state index in [1.165, 1.54) is 6.92 Å². The maximum absolute atomic E-state index is 13.4. The first kappa shape index (κ1) is 27.7. The Balaban J connectivity index is 1.98. The highest BCUT2D eigenvalue weighted by Crippen LogP contribution is 2.43. The fourth-order valence-corrected chi connectivity index (χ4v) is 5.85. The largest absolute Gasteiger partial charge is 0.463 e. The van der Waals surface area contributed by atoms with E-state index in [1.807, 2.05) is 0 Å². The second-order valence-electron chi connectivity index (χ2n) is 8.10. The molecule has 5 N–H and O–H groups in total. The molecule has 0 aromatic heterocycles. The molecule has 1 spiro atoms. The Kier molecular flexibility index (Phi) is 8.76. The number of anilines is 1. The minimum Gasteiger partial charge on any atom is -0.463 e. The van der Waals surface area contributed by atoms with Crippen molar-refractivity contribution in [1.29, 1.82) is 0 Å². The second kappa shape index (κ2) is 11.0. The lowest BCUT2D eigenvalue weighted by Gasteiger charge is -2.34. The predicted octanol–water partition coefficient (Wildman–Crippen LogP) is 0.0594. The molecule has 2 aliphatic rings. The van der Waals surface area contributed by atoms with Gasteiger partial charge in [-0.05, 0) is 37.6 Å². The van der Waals surface area contributed by atoms with Crippen molar-refractivity contribution in [2.45, 2.75) is 55.2 Å². The van der Waals surface area contributed by atoms with Crippen LogP contribution < -0.4 is 4.72 Å². The fraction of sp³-hybridized carbons (Fsp3) is 0.571. The Morgan fingerprint density at radius 2 is 1.86 bits per heavy atom. The molecule has 0 saturated carbocycles. The van der Waals surface area contributed by atoms with Crippen LogP contribution in [0.4, 0.5) is 10.1 Å². The molecular weight excluding hydrogens is 513 g/mol. The molecular formula is C21H27ClFNO10S. The van der Waals surface area contributed by atoms with Crippen molar-refractivity contribution < 1.29 is 52.2 Å². The summed E-state index contributed by atoms with van der Waals surface area (Å²) in [7, 11) is -4.32. The van der Waals surface area contributed by atoms with Gasteiger partial charge in [0.2, 0.25) is 10.0 Å². The van der Waals surface area contributed by atoms with Crippen LogP contribution in [0.3, 0.4) is 0 Å². The van der Waals surface area contributed by atoms with E-state index in [-0.39, 0.29) is 35.7 Å². The van der Waals surface area contributed by atoms with E-state index in [1.54, 1.807) is 0 Å². The normalized spacial score (nSPS) is 28.4. The molecule has 196 valence electrons. The van der Waals surface area contributed by atoms with Gasteiger partial charge in [0.1, 0.15) is 35.5 Å². The smallest absolute Gasteiger partial charge is 0.335 e. The van der Waals surface area contributed by atoms with Crippen LogP contribution in [0.25, 0.3) is 0 Å². The first-order valence-corrected chi connectivity index (χ1v) is 12.7. The van der Waals surface area contributed by atoms with Gasteiger partial charge in [-0.1, -0.05) is 11.6 Å². The Bertz CT molecular complexity index is 1050. The molecule has 11 nitrogen and oxygen atoms in total. The SMILES string of the molecule is CCOC(=O)C1=CC2(CCC1S(=O)(=O)Nc1ccc(F)cc1Cl)OC(C(O)CO)C(C(O)CO)O2. The molecule has 0 radical (unpaired) electrons. The Morgan fingerprint density at radius 3 is 2.37 bits per heavy atom. The molecule has 0 bridgehead atoms. The van der Waals surface area contributed by atoms with Crippen molar-refractivity contribution in [1.82, 2.24) is 0 Å². The maximum Gasteiger partial charge on any atom is 0.335 e. The summed E-state index contributed by atoms with van der Waals surface area (Å²) in [5.74, 6) is -3.38. The molecule has 1 aromatic rings. The van der Waals surface area contributed by atoms with Gasteiger partial charge < -0.3 is 34.6 Å². The Morgan fingerprint density at radius 1 is 1.26 bits per heavy atom. The zero-order valence-corrected chi connectivity index (χ0v) is 20.2. The van der Waals surface area contributed by atoms with Gasteiger partial charge >= 0.3 is 5.97 Å². The number of hydrogen-bond donors (Lipinski definition) is 5. The van der Waals surface area contributed by atoms with E-state index in [4.69, 9.17) is 25.8 Å². The van der Waals surface area contributed by atoms with Crippen LogP contribution in [0.1, 0.15) is 19.8 Å². The van der Waals surface area contributed by atoms with E-state index >= 15 is 0 Å². The molecule has 1 heterocycles. The summed E-state index contributed by atoms with van der Waals surface area (Å²) in [5.41, 5.74) is -0.428. The number of aliphatic hydroxyl groups excluding tert-OH is 4. The number of benzene rings is 1. The second-order valence-corrected chi connectivity index (χ2v) is 10.4. The highest BCUT2D eigenvalue weighted by Gasteiger charge is 2.55. The lowest BCUT2D eigenvalue weighted by atomic mass is 9.94. The van der Waals surface area contributed by atoms with Gasteiger partial charge in [0.05, 0.1) is 36.1 Å². The highest BCUT2D eigenvalue weighted by molar-refractivity contribution is 7.93. The summed E-state index contributed by atoms with van der Waals surface area (Å²) in [6.07, 6.45) is -4.82. The first-order chi connectivity index (χ1) is 16.5. The van der Waals surface area contributed by atoms with Crippen molar-refractivity contribution in [2.75, 3.05) is 24.5 Å². The van der Waals surface area contributed by atoms with E-state index in [0.29, 0.717) is 0 Å². The number of carbonyl (C=O) groups is 1. The molecule has 1 aromatic carbocycles. The summed E-state index contributed by atoms with van der Waals surface area (Å²) < 4.78 is 58.6. The predicted molar refractivity (Wildman–Crippen MR) is 120 cm³/mol. The monoisotopic (exact) mass is 539 g/mol. The number of nitrogens with one attached hydrogen (secondary N) is 1. The molecule has 1 fully saturated rings. The highest BCUT2D eigenvalue weighted by atomic mass is 35.5. The van der Waals surface area contributed by atoms with E-state index in [2.05, 4.69) is 4.72 Å². The van der Waals surface area contributed by atoms with Gasteiger partial charge in [0, 0.05) is 6.42 Å². The van der Waals surface area contributed by atoms with Crippen molar-refractivity contribution in [3.63, 3.8) is 0 Å². The van der Waals surface area contributed by atoms with Crippen LogP contribution in [0.15, 0.2) is 29.8 Å². The van der Waals surface area contributed by atoms with E-state index in [9.17, 15) is 38.0 Å². The third kappa shape index (κ3) is 5.94. The average molecular weight is 540 g/mol. The summed E-state index contributed by atoms with van der Waals surface area (Å²) >= 11 is 5.94. The average Bonchev–Trinajstić information content (AvgIpc) is 3.18. The van der Waals surface area contributed by atoms with E-state index in [0.717, 1.165) is 24.3 Å². The number of sulfonamides is 1. The molecule has 14 heteroatoms. The molecule has 5 atom stereocenters. The number of halogens is 2. The zero-order valence-electron chi connectivity index (χ0n) is 18.6. The van der Waals surface area contributed by atoms with Crippen LogP contribution in [0, 0.1) is 5.82 Å². The fourth-order valence-electron chi connectivity index (χ4n) is 4.02. The van der Waals surface area contributed by atoms with Gasteiger partial charge in [-0.3, -0.25) is 4.72 Å². The minimum absolute atomic E-state index is 0.0629. The van der Waals surface area contributed by atoms with Crippen molar-refractivity contribution in [3.05, 3.63) is 40.7 Å². The molecule has 0 amide bonds. The van der Waals surface area contributed by atoms with E-state index < -0.39 is 70.5 Å².